The summed E-state index contributed by atoms with van der Waals surface area (Å²) in [4.78, 5) is 18.0. The summed E-state index contributed by atoms with van der Waals surface area (Å²) in [6, 6.07) is 6.62. The summed E-state index contributed by atoms with van der Waals surface area (Å²) in [7, 11) is 1.85. The van der Waals surface area contributed by atoms with E-state index >= 15 is 0 Å². The van der Waals surface area contributed by atoms with E-state index in [0.717, 1.165) is 36.2 Å². The molecule has 1 aliphatic heterocycles. The van der Waals surface area contributed by atoms with Crippen LogP contribution in [0, 0.1) is 5.82 Å². The Morgan fingerprint density at radius 3 is 3.04 bits per heavy atom. The van der Waals surface area contributed by atoms with Crippen molar-refractivity contribution in [3.05, 3.63) is 60.4 Å². The van der Waals surface area contributed by atoms with Gasteiger partial charge in [0, 0.05) is 61.6 Å². The Kier molecular flexibility index (Phi) is 4.66. The lowest BCUT2D eigenvalue weighted by Gasteiger charge is -2.34. The van der Waals surface area contributed by atoms with Gasteiger partial charge < -0.3 is 15.2 Å². The second-order valence-electron chi connectivity index (χ2n) is 6.92. The van der Waals surface area contributed by atoms with Gasteiger partial charge in [0.25, 0.3) is 5.91 Å². The average Bonchev–Trinajstić information content (AvgIpc) is 3.30. The number of carbonyl (C=O) groups excluding carboxylic acids is 1. The van der Waals surface area contributed by atoms with E-state index in [-0.39, 0.29) is 17.8 Å². The topological polar surface area (TPSA) is 66.0 Å². The molecule has 1 fully saturated rings. The fourth-order valence-electron chi connectivity index (χ4n) is 3.62. The molecule has 1 aliphatic rings. The summed E-state index contributed by atoms with van der Waals surface area (Å²) < 4.78 is 15.2. The summed E-state index contributed by atoms with van der Waals surface area (Å²) in [6.07, 6.45) is 9.00. The average molecular weight is 367 g/mol. The molecule has 140 valence electrons. The van der Waals surface area contributed by atoms with E-state index in [2.05, 4.69) is 20.3 Å². The SMILES string of the molecule is Cn1cc(-c2c[nH]cc2C(=O)NC2CCCN(c3cccc(F)c3)C2)cn1. The highest BCUT2D eigenvalue weighted by Crippen LogP contribution is 2.24. The molecule has 4 rings (SSSR count). The third-order valence-corrected chi connectivity index (χ3v) is 4.94. The highest BCUT2D eigenvalue weighted by atomic mass is 19.1. The van der Waals surface area contributed by atoms with Gasteiger partial charge in [0.05, 0.1) is 11.8 Å². The Balaban J connectivity index is 1.46. The van der Waals surface area contributed by atoms with Crippen molar-refractivity contribution in [2.45, 2.75) is 18.9 Å². The summed E-state index contributed by atoms with van der Waals surface area (Å²) >= 11 is 0. The van der Waals surface area contributed by atoms with Gasteiger partial charge in [-0.1, -0.05) is 6.07 Å². The molecule has 0 spiro atoms. The van der Waals surface area contributed by atoms with Crippen molar-refractivity contribution in [3.63, 3.8) is 0 Å². The Morgan fingerprint density at radius 1 is 1.37 bits per heavy atom. The van der Waals surface area contributed by atoms with E-state index in [1.807, 2.05) is 25.5 Å². The molecule has 0 bridgehead atoms. The standard InChI is InChI=1S/C20H22FN5O/c1-25-12-14(9-23-25)18-10-22-11-19(18)20(27)24-16-5-3-7-26(13-16)17-6-2-4-15(21)8-17/h2,4,6,8-12,16,22H,3,5,7,13H2,1H3,(H,24,27). The van der Waals surface area contributed by atoms with Gasteiger partial charge in [-0.2, -0.15) is 5.10 Å². The van der Waals surface area contributed by atoms with Crippen molar-refractivity contribution < 1.29 is 9.18 Å². The van der Waals surface area contributed by atoms with Gasteiger partial charge in [-0.25, -0.2) is 4.39 Å². The van der Waals surface area contributed by atoms with E-state index < -0.39 is 0 Å². The first-order valence-corrected chi connectivity index (χ1v) is 9.07. The number of aromatic nitrogens is 3. The van der Waals surface area contributed by atoms with Crippen LogP contribution in [0.25, 0.3) is 11.1 Å². The van der Waals surface area contributed by atoms with Gasteiger partial charge in [-0.05, 0) is 31.0 Å². The predicted octanol–water partition coefficient (Wildman–Crippen LogP) is 2.95. The number of halogens is 1. The normalized spacial score (nSPS) is 17.1. The first kappa shape index (κ1) is 17.3. The van der Waals surface area contributed by atoms with Gasteiger partial charge >= 0.3 is 0 Å². The zero-order valence-electron chi connectivity index (χ0n) is 15.2. The third-order valence-electron chi connectivity index (χ3n) is 4.94. The number of hydrogen-bond acceptors (Lipinski definition) is 3. The second-order valence-corrected chi connectivity index (χ2v) is 6.92. The van der Waals surface area contributed by atoms with Crippen LogP contribution >= 0.6 is 0 Å². The molecule has 2 N–H and O–H groups in total. The van der Waals surface area contributed by atoms with E-state index in [1.54, 1.807) is 23.1 Å². The molecular weight excluding hydrogens is 345 g/mol. The second kappa shape index (κ2) is 7.26. The van der Waals surface area contributed by atoms with Crippen molar-refractivity contribution in [2.75, 3.05) is 18.0 Å². The van der Waals surface area contributed by atoms with Crippen LogP contribution in [0.4, 0.5) is 10.1 Å². The molecule has 1 amide bonds. The number of amides is 1. The number of nitrogens with zero attached hydrogens (tertiary/aromatic N) is 3. The molecule has 3 heterocycles. The summed E-state index contributed by atoms with van der Waals surface area (Å²) in [5.41, 5.74) is 3.19. The van der Waals surface area contributed by atoms with Crippen molar-refractivity contribution in [1.82, 2.24) is 20.1 Å². The van der Waals surface area contributed by atoms with Gasteiger partial charge in [-0.3, -0.25) is 9.48 Å². The number of hydrogen-bond donors (Lipinski definition) is 2. The van der Waals surface area contributed by atoms with Crippen LogP contribution in [0.3, 0.4) is 0 Å². The van der Waals surface area contributed by atoms with Crippen LogP contribution in [0.15, 0.2) is 49.1 Å². The van der Waals surface area contributed by atoms with Crippen LogP contribution in [0.2, 0.25) is 0 Å². The van der Waals surface area contributed by atoms with Gasteiger partial charge in [0.1, 0.15) is 5.82 Å². The quantitative estimate of drug-likeness (QED) is 0.745. The van der Waals surface area contributed by atoms with Gasteiger partial charge in [0.2, 0.25) is 0 Å². The van der Waals surface area contributed by atoms with E-state index in [4.69, 9.17) is 0 Å². The Bertz CT molecular complexity index is 947. The third kappa shape index (κ3) is 3.72. The van der Waals surface area contributed by atoms with Crippen molar-refractivity contribution in [2.24, 2.45) is 7.05 Å². The fraction of sp³-hybridized carbons (Fsp3) is 0.300. The van der Waals surface area contributed by atoms with E-state index in [1.165, 1.54) is 12.1 Å². The summed E-state index contributed by atoms with van der Waals surface area (Å²) in [6.45, 7) is 1.53. The molecule has 6 nitrogen and oxygen atoms in total. The number of aryl methyl sites for hydroxylation is 1. The molecule has 2 aromatic heterocycles. The van der Waals surface area contributed by atoms with E-state index in [0.29, 0.717) is 12.1 Å². The minimum Gasteiger partial charge on any atom is -0.369 e. The molecule has 7 heteroatoms. The molecule has 27 heavy (non-hydrogen) atoms. The fourth-order valence-corrected chi connectivity index (χ4v) is 3.62. The predicted molar refractivity (Wildman–Crippen MR) is 102 cm³/mol. The lowest BCUT2D eigenvalue weighted by atomic mass is 10.0. The van der Waals surface area contributed by atoms with Gasteiger partial charge in [0.15, 0.2) is 0 Å². The van der Waals surface area contributed by atoms with Crippen LogP contribution in [-0.4, -0.2) is 39.8 Å². The highest BCUT2D eigenvalue weighted by molar-refractivity contribution is 6.00. The zero-order chi connectivity index (χ0) is 18.8. The smallest absolute Gasteiger partial charge is 0.253 e. The number of H-pyrrole nitrogens is 1. The monoisotopic (exact) mass is 367 g/mol. The summed E-state index contributed by atoms with van der Waals surface area (Å²) in [5.74, 6) is -0.353. The lowest BCUT2D eigenvalue weighted by Crippen LogP contribution is -2.47. The minimum atomic E-state index is -0.243. The molecule has 1 atom stereocenters. The Labute approximate surface area is 157 Å². The molecule has 1 unspecified atom stereocenters. The van der Waals surface area contributed by atoms with Crippen molar-refractivity contribution in [1.29, 1.82) is 0 Å². The molecule has 1 saturated heterocycles. The largest absolute Gasteiger partial charge is 0.369 e. The van der Waals surface area contributed by atoms with Crippen molar-refractivity contribution >= 4 is 11.6 Å². The number of anilines is 1. The number of rotatable bonds is 4. The van der Waals surface area contributed by atoms with E-state index in [9.17, 15) is 9.18 Å². The molecular formula is C20H22FN5O. The lowest BCUT2D eigenvalue weighted by molar-refractivity contribution is 0.0934. The number of carbonyl (C=O) groups is 1. The van der Waals surface area contributed by atoms with Crippen LogP contribution in [0.5, 0.6) is 0 Å². The van der Waals surface area contributed by atoms with Crippen LogP contribution in [-0.2, 0) is 7.05 Å². The van der Waals surface area contributed by atoms with Gasteiger partial charge in [-0.15, -0.1) is 0 Å². The minimum absolute atomic E-state index is 0.0196. The number of benzene rings is 1. The highest BCUT2D eigenvalue weighted by Gasteiger charge is 2.24. The first-order chi connectivity index (χ1) is 13.1. The number of aromatic amines is 1. The van der Waals surface area contributed by atoms with Crippen LogP contribution < -0.4 is 10.2 Å². The molecule has 3 aromatic rings. The first-order valence-electron chi connectivity index (χ1n) is 9.07. The summed E-state index contributed by atoms with van der Waals surface area (Å²) in [5, 5.41) is 7.30. The number of piperidine rings is 1. The Hall–Kier alpha value is -3.09. The maximum Gasteiger partial charge on any atom is 0.253 e. The Morgan fingerprint density at radius 2 is 2.26 bits per heavy atom. The maximum absolute atomic E-state index is 13.5. The zero-order valence-corrected chi connectivity index (χ0v) is 15.2. The molecule has 0 saturated carbocycles. The molecule has 0 radical (unpaired) electrons. The molecule has 1 aromatic carbocycles. The maximum atomic E-state index is 13.5. The van der Waals surface area contributed by atoms with Crippen LogP contribution in [0.1, 0.15) is 23.2 Å². The van der Waals surface area contributed by atoms with Crippen molar-refractivity contribution in [3.8, 4) is 11.1 Å². The number of nitrogens with one attached hydrogen (secondary N) is 2. The molecule has 0 aliphatic carbocycles.